The number of aryl methyl sites for hydroxylation is 1. The molecule has 0 saturated heterocycles. The lowest BCUT2D eigenvalue weighted by atomic mass is 10.1. The quantitative estimate of drug-likeness (QED) is 0.753. The maximum absolute atomic E-state index is 11.5. The van der Waals surface area contributed by atoms with Gasteiger partial charge in [0.05, 0.1) is 7.11 Å². The van der Waals surface area contributed by atoms with Gasteiger partial charge in [0.2, 0.25) is 0 Å². The molecule has 2 rings (SSSR count). The highest BCUT2D eigenvalue weighted by molar-refractivity contribution is 9.10. The Balaban J connectivity index is 2.81. The minimum atomic E-state index is -0.414. The molecule has 1 aromatic heterocycles. The monoisotopic (exact) mass is 279 g/mol. The maximum Gasteiger partial charge on any atom is 0.357 e. The lowest BCUT2D eigenvalue weighted by Gasteiger charge is -2.06. The molecule has 0 radical (unpaired) electrons. The second kappa shape index (κ2) is 4.22. The number of fused-ring (bicyclic) bond motifs is 1. The van der Waals surface area contributed by atoms with Crippen molar-refractivity contribution in [3.05, 3.63) is 40.1 Å². The van der Waals surface area contributed by atoms with Crippen molar-refractivity contribution in [1.29, 1.82) is 0 Å². The number of rotatable bonds is 1. The van der Waals surface area contributed by atoms with Crippen molar-refractivity contribution in [2.75, 3.05) is 7.11 Å². The van der Waals surface area contributed by atoms with Gasteiger partial charge in [-0.2, -0.15) is 0 Å². The summed E-state index contributed by atoms with van der Waals surface area (Å²) in [7, 11) is 1.35. The molecule has 3 nitrogen and oxygen atoms in total. The van der Waals surface area contributed by atoms with Crippen molar-refractivity contribution < 1.29 is 9.53 Å². The first-order chi connectivity index (χ1) is 7.63. The van der Waals surface area contributed by atoms with E-state index in [1.54, 1.807) is 6.20 Å². The molecule has 0 aliphatic rings. The summed E-state index contributed by atoms with van der Waals surface area (Å²) < 4.78 is 5.66. The van der Waals surface area contributed by atoms with E-state index in [4.69, 9.17) is 4.74 Å². The van der Waals surface area contributed by atoms with Gasteiger partial charge in [-0.3, -0.25) is 0 Å². The number of ether oxygens (including phenoxy) is 1. The maximum atomic E-state index is 11.5. The fourth-order valence-corrected chi connectivity index (χ4v) is 2.34. The Bertz CT molecular complexity index is 566. The number of methoxy groups -OCH3 is 1. The van der Waals surface area contributed by atoms with Crippen LogP contribution in [0.25, 0.3) is 10.8 Å². The van der Waals surface area contributed by atoms with Gasteiger partial charge in [-0.15, -0.1) is 0 Å². The zero-order valence-corrected chi connectivity index (χ0v) is 10.5. The summed E-state index contributed by atoms with van der Waals surface area (Å²) in [6.45, 7) is 1.97. The molecule has 1 heterocycles. The van der Waals surface area contributed by atoms with E-state index in [0.717, 1.165) is 20.8 Å². The Kier molecular flexibility index (Phi) is 2.92. The van der Waals surface area contributed by atoms with E-state index < -0.39 is 5.97 Å². The highest BCUT2D eigenvalue weighted by atomic mass is 79.9. The van der Waals surface area contributed by atoms with E-state index in [1.807, 2.05) is 25.1 Å². The lowest BCUT2D eigenvalue weighted by molar-refractivity contribution is 0.0596. The van der Waals surface area contributed by atoms with Crippen molar-refractivity contribution in [3.8, 4) is 0 Å². The highest BCUT2D eigenvalue weighted by Gasteiger charge is 2.13. The third kappa shape index (κ3) is 1.80. The van der Waals surface area contributed by atoms with Crippen molar-refractivity contribution >= 4 is 32.7 Å². The first-order valence-corrected chi connectivity index (χ1v) is 5.56. The van der Waals surface area contributed by atoms with Gasteiger partial charge in [0.25, 0.3) is 0 Å². The first kappa shape index (κ1) is 11.1. The van der Waals surface area contributed by atoms with Gasteiger partial charge in [0, 0.05) is 16.1 Å². The highest BCUT2D eigenvalue weighted by Crippen LogP contribution is 2.27. The zero-order valence-electron chi connectivity index (χ0n) is 8.95. The van der Waals surface area contributed by atoms with Crippen molar-refractivity contribution in [2.45, 2.75) is 6.92 Å². The normalized spacial score (nSPS) is 10.4. The van der Waals surface area contributed by atoms with Crippen LogP contribution in [-0.2, 0) is 4.74 Å². The van der Waals surface area contributed by atoms with Gasteiger partial charge >= 0.3 is 5.97 Å². The van der Waals surface area contributed by atoms with E-state index in [0.29, 0.717) is 5.69 Å². The Morgan fingerprint density at radius 3 is 2.81 bits per heavy atom. The van der Waals surface area contributed by atoms with Crippen LogP contribution in [0.2, 0.25) is 0 Å². The molecule has 0 aliphatic heterocycles. The van der Waals surface area contributed by atoms with Gasteiger partial charge in [-0.05, 0) is 36.1 Å². The molecular formula is C12H10BrNO2. The van der Waals surface area contributed by atoms with Crippen molar-refractivity contribution in [1.82, 2.24) is 4.98 Å². The topological polar surface area (TPSA) is 39.2 Å². The third-order valence-corrected chi connectivity index (χ3v) is 3.01. The minimum absolute atomic E-state index is 0.351. The molecule has 0 atom stereocenters. The van der Waals surface area contributed by atoms with Gasteiger partial charge < -0.3 is 4.74 Å². The number of halogens is 1. The number of hydrogen-bond acceptors (Lipinski definition) is 3. The first-order valence-electron chi connectivity index (χ1n) is 4.76. The largest absolute Gasteiger partial charge is 0.464 e. The number of carbonyl (C=O) groups excluding carboxylic acids is 1. The Morgan fingerprint density at radius 2 is 2.12 bits per heavy atom. The standard InChI is InChI=1S/C12H10BrNO2/c1-7-5-9-8(10(13)6-7)3-4-14-11(9)12(15)16-2/h3-6H,1-2H3. The fraction of sp³-hybridized carbons (Fsp3) is 0.167. The number of aromatic nitrogens is 1. The van der Waals surface area contributed by atoms with E-state index in [1.165, 1.54) is 7.11 Å². The van der Waals surface area contributed by atoms with Crippen molar-refractivity contribution in [2.24, 2.45) is 0 Å². The fourth-order valence-electron chi connectivity index (χ4n) is 1.63. The molecule has 0 saturated carbocycles. The Hall–Kier alpha value is -1.42. The van der Waals surface area contributed by atoms with Crippen LogP contribution in [0.1, 0.15) is 16.1 Å². The van der Waals surface area contributed by atoms with Crippen LogP contribution in [0.5, 0.6) is 0 Å². The van der Waals surface area contributed by atoms with Crippen LogP contribution in [0, 0.1) is 6.92 Å². The van der Waals surface area contributed by atoms with Crippen LogP contribution >= 0.6 is 15.9 Å². The summed E-state index contributed by atoms with van der Waals surface area (Å²) >= 11 is 3.47. The van der Waals surface area contributed by atoms with Crippen LogP contribution in [0.4, 0.5) is 0 Å². The number of esters is 1. The second-order valence-electron chi connectivity index (χ2n) is 3.49. The van der Waals surface area contributed by atoms with Gasteiger partial charge in [0.1, 0.15) is 0 Å². The minimum Gasteiger partial charge on any atom is -0.464 e. The van der Waals surface area contributed by atoms with Gasteiger partial charge in [-0.1, -0.05) is 15.9 Å². The SMILES string of the molecule is COC(=O)c1nccc2c(Br)cc(C)cc12. The molecule has 82 valence electrons. The molecule has 0 fully saturated rings. The van der Waals surface area contributed by atoms with E-state index in [2.05, 4.69) is 20.9 Å². The lowest BCUT2D eigenvalue weighted by Crippen LogP contribution is -2.05. The molecule has 0 amide bonds. The smallest absolute Gasteiger partial charge is 0.357 e. The summed E-state index contributed by atoms with van der Waals surface area (Å²) in [5.74, 6) is -0.414. The molecule has 0 aliphatic carbocycles. The number of carbonyl (C=O) groups is 1. The summed E-state index contributed by atoms with van der Waals surface area (Å²) in [4.78, 5) is 15.6. The average molecular weight is 280 g/mol. The molecule has 0 spiro atoms. The van der Waals surface area contributed by atoms with Crippen molar-refractivity contribution in [3.63, 3.8) is 0 Å². The molecule has 0 bridgehead atoms. The molecule has 1 aromatic carbocycles. The number of pyridine rings is 1. The van der Waals surface area contributed by atoms with Gasteiger partial charge in [-0.25, -0.2) is 9.78 Å². The summed E-state index contributed by atoms with van der Waals surface area (Å²) in [6, 6.07) is 5.80. The average Bonchev–Trinajstić information content (AvgIpc) is 2.27. The van der Waals surface area contributed by atoms with Crippen LogP contribution in [0.3, 0.4) is 0 Å². The molecule has 16 heavy (non-hydrogen) atoms. The van der Waals surface area contributed by atoms with Crippen LogP contribution in [0.15, 0.2) is 28.9 Å². The predicted molar refractivity (Wildman–Crippen MR) is 65.5 cm³/mol. The van der Waals surface area contributed by atoms with Gasteiger partial charge in [0.15, 0.2) is 5.69 Å². The number of hydrogen-bond donors (Lipinski definition) is 0. The van der Waals surface area contributed by atoms with Crippen LogP contribution in [-0.4, -0.2) is 18.1 Å². The molecule has 0 unspecified atom stereocenters. The van der Waals surface area contributed by atoms with E-state index >= 15 is 0 Å². The number of benzene rings is 1. The Labute approximate surface area is 102 Å². The predicted octanol–water partition coefficient (Wildman–Crippen LogP) is 3.09. The Morgan fingerprint density at radius 1 is 1.38 bits per heavy atom. The van der Waals surface area contributed by atoms with E-state index in [-0.39, 0.29) is 0 Å². The third-order valence-electron chi connectivity index (χ3n) is 2.35. The molecule has 2 aromatic rings. The molecule has 4 heteroatoms. The van der Waals surface area contributed by atoms with E-state index in [9.17, 15) is 4.79 Å². The molecule has 0 N–H and O–H groups in total. The van der Waals surface area contributed by atoms with Crippen LogP contribution < -0.4 is 0 Å². The summed E-state index contributed by atoms with van der Waals surface area (Å²) in [6.07, 6.45) is 1.61. The molecular weight excluding hydrogens is 270 g/mol. The number of nitrogens with zero attached hydrogens (tertiary/aromatic N) is 1. The summed E-state index contributed by atoms with van der Waals surface area (Å²) in [5.41, 5.74) is 1.42. The zero-order chi connectivity index (χ0) is 11.7. The second-order valence-corrected chi connectivity index (χ2v) is 4.35. The summed E-state index contributed by atoms with van der Waals surface area (Å²) in [5, 5.41) is 1.77.